The maximum atomic E-state index is 7.12. The van der Waals surface area contributed by atoms with Gasteiger partial charge in [0.25, 0.3) is 0 Å². The summed E-state index contributed by atoms with van der Waals surface area (Å²) in [5, 5.41) is 14.2. The molecule has 5 nitrogen and oxygen atoms in total. The fourth-order valence-electron chi connectivity index (χ4n) is 0.301. The van der Waals surface area contributed by atoms with Crippen molar-refractivity contribution in [1.29, 1.82) is 0 Å². The summed E-state index contributed by atoms with van der Waals surface area (Å²) in [6.45, 7) is 0. The molecule has 4 N–H and O–H groups in total. The second kappa shape index (κ2) is 5.99. The van der Waals surface area contributed by atoms with Gasteiger partial charge in [0, 0.05) is 6.20 Å². The van der Waals surface area contributed by atoms with Crippen molar-refractivity contribution in [3.05, 3.63) is 18.6 Å². The number of hydrogen-bond acceptors (Lipinski definition) is 5. The highest BCUT2D eigenvalue weighted by atomic mass is 16.4. The normalized spacial score (nSPS) is 7.40. The molecule has 6 heteroatoms. The number of nitrogen functional groups attached to an aromatic ring is 1. The summed E-state index contributed by atoms with van der Waals surface area (Å²) in [6, 6.07) is 1.64. The molecule has 1 heterocycles. The zero-order chi connectivity index (χ0) is 7.82. The lowest BCUT2D eigenvalue weighted by molar-refractivity contribution is 0.448. The molecule has 54 valence electrons. The topological polar surface area (TPSA) is 92.3 Å². The Balaban J connectivity index is 0.000000236. The first-order valence-corrected chi connectivity index (χ1v) is 2.54. The third kappa shape index (κ3) is 5.01. The van der Waals surface area contributed by atoms with Gasteiger partial charge in [-0.05, 0) is 6.07 Å². The van der Waals surface area contributed by atoms with E-state index in [9.17, 15) is 0 Å². The molecule has 0 aliphatic rings. The van der Waals surface area contributed by atoms with Gasteiger partial charge < -0.3 is 15.8 Å². The van der Waals surface area contributed by atoms with Crippen molar-refractivity contribution in [2.24, 2.45) is 0 Å². The molecule has 1 aromatic rings. The molecule has 0 amide bonds. The van der Waals surface area contributed by atoms with Crippen molar-refractivity contribution >= 4 is 13.5 Å². The van der Waals surface area contributed by atoms with Crippen LogP contribution in [0.2, 0.25) is 0 Å². The van der Waals surface area contributed by atoms with E-state index < -0.39 is 7.69 Å². The highest BCUT2D eigenvalue weighted by Crippen LogP contribution is 1.85. The first-order valence-electron chi connectivity index (χ1n) is 2.54. The molecule has 10 heavy (non-hydrogen) atoms. The Kier molecular flexibility index (Phi) is 5.31. The van der Waals surface area contributed by atoms with Crippen LogP contribution in [0.15, 0.2) is 18.6 Å². The maximum Gasteiger partial charge on any atom is 0.432 e. The van der Waals surface area contributed by atoms with E-state index in [-0.39, 0.29) is 0 Å². The van der Waals surface area contributed by atoms with Gasteiger partial charge in [0.1, 0.15) is 12.1 Å². The zero-order valence-corrected chi connectivity index (χ0v) is 5.31. The van der Waals surface area contributed by atoms with Crippen LogP contribution in [-0.4, -0.2) is 27.7 Å². The first-order chi connectivity index (χ1) is 4.81. The molecule has 0 bridgehead atoms. The average molecular weight is 141 g/mol. The highest BCUT2D eigenvalue weighted by molar-refractivity contribution is 6.13. The third-order valence-corrected chi connectivity index (χ3v) is 0.605. The molecule has 1 rings (SSSR count). The Hall–Kier alpha value is -1.14. The van der Waals surface area contributed by atoms with E-state index in [1.807, 2.05) is 0 Å². The van der Waals surface area contributed by atoms with Crippen LogP contribution >= 0.6 is 0 Å². The van der Waals surface area contributed by atoms with Gasteiger partial charge in [-0.2, -0.15) is 0 Å². The Morgan fingerprint density at radius 2 is 2.10 bits per heavy atom. The fraction of sp³-hybridized carbons (Fsp3) is 0. The Morgan fingerprint density at radius 3 is 2.30 bits per heavy atom. The van der Waals surface area contributed by atoms with Gasteiger partial charge in [-0.15, -0.1) is 0 Å². The van der Waals surface area contributed by atoms with Crippen LogP contribution < -0.4 is 5.73 Å². The molecule has 0 fully saturated rings. The van der Waals surface area contributed by atoms with Crippen LogP contribution in [0.25, 0.3) is 0 Å². The van der Waals surface area contributed by atoms with Gasteiger partial charge in [0.05, 0.1) is 0 Å². The minimum atomic E-state index is -0.750. The number of nitrogens with zero attached hydrogens (tertiary/aromatic N) is 2. The maximum absolute atomic E-state index is 7.12. The quantitative estimate of drug-likeness (QED) is 0.374. The van der Waals surface area contributed by atoms with E-state index in [2.05, 4.69) is 9.97 Å². The predicted octanol–water partition coefficient (Wildman–Crippen LogP) is -1.70. The zero-order valence-electron chi connectivity index (χ0n) is 5.31. The monoisotopic (exact) mass is 141 g/mol. The van der Waals surface area contributed by atoms with Crippen LogP contribution in [0, 0.1) is 0 Å². The molecule has 0 aromatic carbocycles. The number of nitrogens with two attached hydrogens (primary N) is 1. The SMILES string of the molecule is Nc1ccncn1.OBO. The smallest absolute Gasteiger partial charge is 0.430 e. The average Bonchev–Trinajstić information content (AvgIpc) is 1.91. The molecule has 0 spiro atoms. The van der Waals surface area contributed by atoms with E-state index in [4.69, 9.17) is 15.8 Å². The first kappa shape index (κ1) is 8.86. The molecule has 0 unspecified atom stereocenters. The highest BCUT2D eigenvalue weighted by Gasteiger charge is 1.74. The van der Waals surface area contributed by atoms with E-state index in [1.165, 1.54) is 6.33 Å². The molecular formula is C4H8BN3O2. The second-order valence-corrected chi connectivity index (χ2v) is 1.28. The lowest BCUT2D eigenvalue weighted by Gasteiger charge is -1.82. The minimum Gasteiger partial charge on any atom is -0.430 e. The molecule has 0 saturated heterocycles. The molecule has 0 saturated carbocycles. The molecule has 0 aliphatic heterocycles. The van der Waals surface area contributed by atoms with Crippen LogP contribution in [0.5, 0.6) is 0 Å². The summed E-state index contributed by atoms with van der Waals surface area (Å²) in [6.07, 6.45) is 3.01. The Labute approximate surface area is 58.9 Å². The summed E-state index contributed by atoms with van der Waals surface area (Å²) in [5.41, 5.74) is 5.21. The summed E-state index contributed by atoms with van der Waals surface area (Å²) in [5.74, 6) is 0.509. The van der Waals surface area contributed by atoms with Gasteiger partial charge in [-0.3, -0.25) is 0 Å². The molecule has 0 aliphatic carbocycles. The number of aromatic nitrogens is 2. The Morgan fingerprint density at radius 1 is 1.50 bits per heavy atom. The van der Waals surface area contributed by atoms with Crippen molar-refractivity contribution in [2.45, 2.75) is 0 Å². The predicted molar refractivity (Wildman–Crippen MR) is 38.0 cm³/mol. The van der Waals surface area contributed by atoms with Crippen LogP contribution in [0.1, 0.15) is 0 Å². The second-order valence-electron chi connectivity index (χ2n) is 1.28. The van der Waals surface area contributed by atoms with Gasteiger partial charge in [-0.25, -0.2) is 9.97 Å². The van der Waals surface area contributed by atoms with Crippen molar-refractivity contribution < 1.29 is 10.0 Å². The third-order valence-electron chi connectivity index (χ3n) is 0.605. The van der Waals surface area contributed by atoms with Crippen LogP contribution in [0.3, 0.4) is 0 Å². The van der Waals surface area contributed by atoms with Crippen molar-refractivity contribution in [3.8, 4) is 0 Å². The van der Waals surface area contributed by atoms with Crippen molar-refractivity contribution in [1.82, 2.24) is 9.97 Å². The lowest BCUT2D eigenvalue weighted by atomic mass is 10.5. The summed E-state index contributed by atoms with van der Waals surface area (Å²) in [4.78, 5) is 7.30. The molecule has 1 aromatic heterocycles. The largest absolute Gasteiger partial charge is 0.432 e. The van der Waals surface area contributed by atoms with Crippen molar-refractivity contribution in [2.75, 3.05) is 5.73 Å². The lowest BCUT2D eigenvalue weighted by Crippen LogP contribution is -1.87. The van der Waals surface area contributed by atoms with Gasteiger partial charge in [0.15, 0.2) is 0 Å². The molecular weight excluding hydrogens is 133 g/mol. The van der Waals surface area contributed by atoms with Gasteiger partial charge >= 0.3 is 7.69 Å². The van der Waals surface area contributed by atoms with E-state index in [0.717, 1.165) is 0 Å². The number of anilines is 1. The fourth-order valence-corrected chi connectivity index (χ4v) is 0.301. The van der Waals surface area contributed by atoms with Gasteiger partial charge in [0.2, 0.25) is 0 Å². The van der Waals surface area contributed by atoms with Crippen molar-refractivity contribution in [3.63, 3.8) is 0 Å². The van der Waals surface area contributed by atoms with Crippen LogP contribution in [0.4, 0.5) is 5.82 Å². The standard InChI is InChI=1S/C4H5N3.BH3O2/c5-4-1-2-6-3-7-4;2-1-3/h1-3H,(H2,5,6,7);1-3H. The molecule has 0 atom stereocenters. The van der Waals surface area contributed by atoms with E-state index in [1.54, 1.807) is 12.3 Å². The van der Waals surface area contributed by atoms with Gasteiger partial charge in [-0.1, -0.05) is 0 Å². The summed E-state index contributed by atoms with van der Waals surface area (Å²) in [7, 11) is -0.750. The summed E-state index contributed by atoms with van der Waals surface area (Å²) < 4.78 is 0. The summed E-state index contributed by atoms with van der Waals surface area (Å²) >= 11 is 0. The number of rotatable bonds is 0. The Bertz CT molecular complexity index is 160. The minimum absolute atomic E-state index is 0.509. The molecule has 0 radical (unpaired) electrons. The number of hydrogen-bond donors (Lipinski definition) is 3. The van der Waals surface area contributed by atoms with E-state index >= 15 is 0 Å². The van der Waals surface area contributed by atoms with E-state index in [0.29, 0.717) is 5.82 Å². The van der Waals surface area contributed by atoms with Crippen LogP contribution in [-0.2, 0) is 0 Å².